The quantitative estimate of drug-likeness (QED) is 0.451. The van der Waals surface area contributed by atoms with Gasteiger partial charge in [0.1, 0.15) is 6.29 Å². The number of hydrogen-bond acceptors (Lipinski definition) is 2. The lowest BCUT2D eigenvalue weighted by atomic mass is 10.2. The van der Waals surface area contributed by atoms with Gasteiger partial charge in [-0.05, 0) is 25.7 Å². The van der Waals surface area contributed by atoms with Crippen molar-refractivity contribution in [1.29, 1.82) is 0 Å². The van der Waals surface area contributed by atoms with Crippen molar-refractivity contribution in [2.45, 2.75) is 51.0 Å². The minimum absolute atomic E-state index is 0.529. The van der Waals surface area contributed by atoms with Crippen LogP contribution >= 0.6 is 0 Å². The van der Waals surface area contributed by atoms with Gasteiger partial charge in [-0.25, -0.2) is 0 Å². The maximum atomic E-state index is 9.98. The van der Waals surface area contributed by atoms with Gasteiger partial charge in [-0.2, -0.15) is 0 Å². The monoisotopic (exact) mass is 170 g/mol. The number of unbranched alkanes of at least 4 members (excludes halogenated alkanes) is 2. The normalized spacial score (nSPS) is 18.3. The second-order valence-corrected chi connectivity index (χ2v) is 3.44. The summed E-state index contributed by atoms with van der Waals surface area (Å²) in [6.07, 6.45) is 9.37. The standard InChI is InChI=1S/C10H18O2/c11-8-4-1-5-9-12-10-6-2-3-7-10/h8,10H,1-7,9H2. The molecule has 0 N–H and O–H groups in total. The van der Waals surface area contributed by atoms with Gasteiger partial charge in [0.05, 0.1) is 6.10 Å². The van der Waals surface area contributed by atoms with E-state index in [2.05, 4.69) is 0 Å². The summed E-state index contributed by atoms with van der Waals surface area (Å²) in [5.74, 6) is 0. The molecule has 0 aromatic heterocycles. The number of aldehydes is 1. The van der Waals surface area contributed by atoms with Crippen LogP contribution in [0.5, 0.6) is 0 Å². The molecule has 1 aliphatic carbocycles. The molecule has 0 amide bonds. The highest BCUT2D eigenvalue weighted by Crippen LogP contribution is 2.20. The Labute approximate surface area is 74.3 Å². The van der Waals surface area contributed by atoms with Crippen molar-refractivity contribution in [1.82, 2.24) is 0 Å². The van der Waals surface area contributed by atoms with E-state index in [-0.39, 0.29) is 0 Å². The van der Waals surface area contributed by atoms with Gasteiger partial charge in [-0.15, -0.1) is 0 Å². The fourth-order valence-corrected chi connectivity index (χ4v) is 1.63. The van der Waals surface area contributed by atoms with Crippen molar-refractivity contribution in [2.75, 3.05) is 6.61 Å². The number of hydrogen-bond donors (Lipinski definition) is 0. The molecule has 12 heavy (non-hydrogen) atoms. The number of rotatable bonds is 6. The Kier molecular flexibility index (Phi) is 5.00. The van der Waals surface area contributed by atoms with Crippen LogP contribution in [0.15, 0.2) is 0 Å². The van der Waals surface area contributed by atoms with Crippen LogP contribution < -0.4 is 0 Å². The molecule has 0 heterocycles. The molecule has 0 spiro atoms. The number of carbonyl (C=O) groups excluding carboxylic acids is 1. The molecule has 1 fully saturated rings. The third kappa shape index (κ3) is 3.86. The minimum atomic E-state index is 0.529. The molecule has 1 aliphatic rings. The molecule has 2 nitrogen and oxygen atoms in total. The molecule has 0 aromatic rings. The maximum Gasteiger partial charge on any atom is 0.119 e. The largest absolute Gasteiger partial charge is 0.378 e. The van der Waals surface area contributed by atoms with Gasteiger partial charge < -0.3 is 9.53 Å². The average molecular weight is 170 g/mol. The van der Waals surface area contributed by atoms with Gasteiger partial charge in [-0.3, -0.25) is 0 Å². The number of ether oxygens (including phenoxy) is 1. The molecule has 1 saturated carbocycles. The van der Waals surface area contributed by atoms with E-state index in [4.69, 9.17) is 4.74 Å². The van der Waals surface area contributed by atoms with E-state index in [1.54, 1.807) is 0 Å². The maximum absolute atomic E-state index is 9.98. The molecule has 0 aromatic carbocycles. The Hall–Kier alpha value is -0.370. The Morgan fingerprint density at radius 3 is 2.67 bits per heavy atom. The summed E-state index contributed by atoms with van der Waals surface area (Å²) in [4.78, 5) is 9.98. The molecular formula is C10H18O2. The molecule has 0 unspecified atom stereocenters. The van der Waals surface area contributed by atoms with Gasteiger partial charge in [0.15, 0.2) is 0 Å². The van der Waals surface area contributed by atoms with Gasteiger partial charge in [0.2, 0.25) is 0 Å². The van der Waals surface area contributed by atoms with Crippen molar-refractivity contribution in [3.05, 3.63) is 0 Å². The van der Waals surface area contributed by atoms with Crippen LogP contribution in [0.2, 0.25) is 0 Å². The predicted octanol–water partition coefficient (Wildman–Crippen LogP) is 2.31. The summed E-state index contributed by atoms with van der Waals surface area (Å²) in [7, 11) is 0. The lowest BCUT2D eigenvalue weighted by Gasteiger charge is -2.09. The highest BCUT2D eigenvalue weighted by Gasteiger charge is 2.14. The Morgan fingerprint density at radius 2 is 2.00 bits per heavy atom. The van der Waals surface area contributed by atoms with Crippen molar-refractivity contribution >= 4 is 6.29 Å². The van der Waals surface area contributed by atoms with E-state index < -0.39 is 0 Å². The Balaban J connectivity index is 1.84. The van der Waals surface area contributed by atoms with E-state index in [9.17, 15) is 4.79 Å². The zero-order valence-corrected chi connectivity index (χ0v) is 7.63. The summed E-state index contributed by atoms with van der Waals surface area (Å²) in [5, 5.41) is 0. The van der Waals surface area contributed by atoms with Gasteiger partial charge in [0.25, 0.3) is 0 Å². The molecule has 0 radical (unpaired) electrons. The fourth-order valence-electron chi connectivity index (χ4n) is 1.63. The van der Waals surface area contributed by atoms with E-state index >= 15 is 0 Å². The topological polar surface area (TPSA) is 26.3 Å². The second-order valence-electron chi connectivity index (χ2n) is 3.44. The summed E-state index contributed by atoms with van der Waals surface area (Å²) >= 11 is 0. The predicted molar refractivity (Wildman–Crippen MR) is 48.1 cm³/mol. The molecule has 0 saturated heterocycles. The Morgan fingerprint density at radius 1 is 1.25 bits per heavy atom. The summed E-state index contributed by atoms with van der Waals surface area (Å²) < 4.78 is 5.63. The fraction of sp³-hybridized carbons (Fsp3) is 0.900. The van der Waals surface area contributed by atoms with Crippen molar-refractivity contribution < 1.29 is 9.53 Å². The third-order valence-corrected chi connectivity index (χ3v) is 2.37. The third-order valence-electron chi connectivity index (χ3n) is 2.37. The van der Waals surface area contributed by atoms with E-state index in [1.807, 2.05) is 0 Å². The molecule has 2 heteroatoms. The first kappa shape index (κ1) is 9.72. The molecule has 0 atom stereocenters. The first-order valence-electron chi connectivity index (χ1n) is 4.98. The van der Waals surface area contributed by atoms with Gasteiger partial charge in [-0.1, -0.05) is 12.8 Å². The van der Waals surface area contributed by atoms with Crippen LogP contribution in [-0.4, -0.2) is 19.0 Å². The smallest absolute Gasteiger partial charge is 0.119 e. The van der Waals surface area contributed by atoms with Crippen LogP contribution in [0, 0.1) is 0 Å². The van der Waals surface area contributed by atoms with Gasteiger partial charge >= 0.3 is 0 Å². The second kappa shape index (κ2) is 6.18. The zero-order chi connectivity index (χ0) is 8.65. The van der Waals surface area contributed by atoms with Crippen LogP contribution in [0.1, 0.15) is 44.9 Å². The summed E-state index contributed by atoms with van der Waals surface area (Å²) in [5.41, 5.74) is 0. The number of carbonyl (C=O) groups is 1. The molecule has 0 bridgehead atoms. The molecular weight excluding hydrogens is 152 g/mol. The molecule has 1 rings (SSSR count). The van der Waals surface area contributed by atoms with Crippen LogP contribution in [0.3, 0.4) is 0 Å². The highest BCUT2D eigenvalue weighted by atomic mass is 16.5. The zero-order valence-electron chi connectivity index (χ0n) is 7.63. The SMILES string of the molecule is O=CCCCCOC1CCCC1. The van der Waals surface area contributed by atoms with E-state index in [0.29, 0.717) is 12.5 Å². The first-order valence-corrected chi connectivity index (χ1v) is 4.98. The summed E-state index contributed by atoms with van der Waals surface area (Å²) in [6.45, 7) is 0.846. The van der Waals surface area contributed by atoms with Crippen molar-refractivity contribution in [3.63, 3.8) is 0 Å². The van der Waals surface area contributed by atoms with Crippen LogP contribution in [0.4, 0.5) is 0 Å². The van der Waals surface area contributed by atoms with E-state index in [0.717, 1.165) is 25.7 Å². The van der Waals surface area contributed by atoms with Crippen molar-refractivity contribution in [3.8, 4) is 0 Å². The molecule has 70 valence electrons. The van der Waals surface area contributed by atoms with Crippen LogP contribution in [0.25, 0.3) is 0 Å². The lowest BCUT2D eigenvalue weighted by Crippen LogP contribution is -2.08. The van der Waals surface area contributed by atoms with Crippen LogP contribution in [-0.2, 0) is 9.53 Å². The minimum Gasteiger partial charge on any atom is -0.378 e. The average Bonchev–Trinajstić information content (AvgIpc) is 2.57. The van der Waals surface area contributed by atoms with Gasteiger partial charge in [0, 0.05) is 13.0 Å². The Bertz CT molecular complexity index is 117. The lowest BCUT2D eigenvalue weighted by molar-refractivity contribution is -0.108. The molecule has 0 aliphatic heterocycles. The van der Waals surface area contributed by atoms with E-state index in [1.165, 1.54) is 25.7 Å². The highest BCUT2D eigenvalue weighted by molar-refractivity contribution is 5.48. The van der Waals surface area contributed by atoms with Crippen molar-refractivity contribution in [2.24, 2.45) is 0 Å². The summed E-state index contributed by atoms with van der Waals surface area (Å²) in [6, 6.07) is 0. The first-order chi connectivity index (χ1) is 5.93.